The van der Waals surface area contributed by atoms with Gasteiger partial charge in [0, 0.05) is 25.4 Å². The van der Waals surface area contributed by atoms with E-state index in [9.17, 15) is 9.59 Å². The van der Waals surface area contributed by atoms with Crippen molar-refractivity contribution in [2.24, 2.45) is 11.8 Å². The minimum Gasteiger partial charge on any atom is -0.481 e. The first-order chi connectivity index (χ1) is 12.6. The molecule has 1 saturated heterocycles. The second kappa shape index (κ2) is 7.10. The number of fused-ring (bicyclic) bond motifs is 1. The second-order valence-corrected chi connectivity index (χ2v) is 7.74. The predicted octanol–water partition coefficient (Wildman–Crippen LogP) is 4.05. The fourth-order valence-electron chi connectivity index (χ4n) is 4.45. The first-order valence-corrected chi connectivity index (χ1v) is 9.61. The summed E-state index contributed by atoms with van der Waals surface area (Å²) in [6.45, 7) is 1.55. The molecule has 0 aromatic heterocycles. The number of rotatable bonds is 5. The maximum absolute atomic E-state index is 13.0. The molecular formula is C22H25NO3. The number of likely N-dealkylation sites (tertiary alicyclic amines) is 1. The van der Waals surface area contributed by atoms with Crippen LogP contribution in [0.3, 0.4) is 0 Å². The van der Waals surface area contributed by atoms with Crippen LogP contribution >= 0.6 is 0 Å². The summed E-state index contributed by atoms with van der Waals surface area (Å²) in [5.74, 6) is 0.278. The van der Waals surface area contributed by atoms with Crippen molar-refractivity contribution < 1.29 is 14.7 Å². The van der Waals surface area contributed by atoms with Gasteiger partial charge in [-0.1, -0.05) is 42.5 Å². The van der Waals surface area contributed by atoms with Crippen LogP contribution in [0.4, 0.5) is 0 Å². The number of amides is 1. The highest BCUT2D eigenvalue weighted by Crippen LogP contribution is 2.50. The number of carboxylic acids is 1. The van der Waals surface area contributed by atoms with Gasteiger partial charge in [0.15, 0.2) is 0 Å². The van der Waals surface area contributed by atoms with E-state index in [0.717, 1.165) is 32.4 Å². The molecule has 2 aromatic carbocycles. The fourth-order valence-corrected chi connectivity index (χ4v) is 4.45. The monoisotopic (exact) mass is 351 g/mol. The SMILES string of the molecule is O=C(O)CCC1CCCN(C(=O)C2CC2c2cccc3ccccc23)C1. The molecule has 136 valence electrons. The number of carbonyl (C=O) groups excluding carboxylic acids is 1. The Kier molecular flexibility index (Phi) is 4.66. The van der Waals surface area contributed by atoms with Crippen LogP contribution in [0, 0.1) is 11.8 Å². The lowest BCUT2D eigenvalue weighted by molar-refractivity contribution is -0.137. The van der Waals surface area contributed by atoms with Crippen molar-refractivity contribution in [3.05, 3.63) is 48.0 Å². The summed E-state index contributed by atoms with van der Waals surface area (Å²) in [5, 5.41) is 11.4. The Morgan fingerprint density at radius 2 is 1.92 bits per heavy atom. The molecule has 1 N–H and O–H groups in total. The van der Waals surface area contributed by atoms with Crippen LogP contribution in [0.2, 0.25) is 0 Å². The van der Waals surface area contributed by atoms with Crippen molar-refractivity contribution in [2.45, 2.75) is 38.0 Å². The van der Waals surface area contributed by atoms with E-state index in [4.69, 9.17) is 5.11 Å². The molecule has 3 unspecified atom stereocenters. The molecule has 1 amide bonds. The third-order valence-electron chi connectivity index (χ3n) is 5.93. The molecule has 3 atom stereocenters. The number of carbonyl (C=O) groups is 2. The van der Waals surface area contributed by atoms with Crippen LogP contribution in [0.5, 0.6) is 0 Å². The maximum atomic E-state index is 13.0. The first-order valence-electron chi connectivity index (χ1n) is 9.61. The lowest BCUT2D eigenvalue weighted by Gasteiger charge is -2.33. The molecule has 0 spiro atoms. The van der Waals surface area contributed by atoms with Crippen molar-refractivity contribution in [2.75, 3.05) is 13.1 Å². The van der Waals surface area contributed by atoms with E-state index in [0.29, 0.717) is 18.3 Å². The molecular weight excluding hydrogens is 326 g/mol. The topological polar surface area (TPSA) is 57.6 Å². The lowest BCUT2D eigenvalue weighted by Crippen LogP contribution is -2.41. The standard InChI is InChI=1S/C22H25NO3/c24-21(25)11-10-15-5-4-12-23(14-15)22(26)20-13-19(20)18-9-3-7-16-6-1-2-8-17(16)18/h1-3,6-9,15,19-20H,4-5,10-14H2,(H,24,25). The summed E-state index contributed by atoms with van der Waals surface area (Å²) in [6, 6.07) is 14.7. The molecule has 1 aliphatic heterocycles. The van der Waals surface area contributed by atoms with Gasteiger partial charge in [-0.25, -0.2) is 0 Å². The Balaban J connectivity index is 1.43. The Morgan fingerprint density at radius 1 is 1.12 bits per heavy atom. The highest BCUT2D eigenvalue weighted by atomic mass is 16.4. The highest BCUT2D eigenvalue weighted by molar-refractivity contribution is 5.89. The van der Waals surface area contributed by atoms with Crippen molar-refractivity contribution >= 4 is 22.6 Å². The molecule has 2 fully saturated rings. The molecule has 1 saturated carbocycles. The molecule has 4 heteroatoms. The van der Waals surface area contributed by atoms with Crippen LogP contribution in [-0.2, 0) is 9.59 Å². The molecule has 2 aromatic rings. The number of piperidine rings is 1. The maximum Gasteiger partial charge on any atom is 0.303 e. The summed E-state index contributed by atoms with van der Waals surface area (Å²) < 4.78 is 0. The Bertz CT molecular complexity index is 826. The zero-order chi connectivity index (χ0) is 18.1. The van der Waals surface area contributed by atoms with Crippen molar-refractivity contribution in [1.29, 1.82) is 0 Å². The van der Waals surface area contributed by atoms with Gasteiger partial charge in [-0.15, -0.1) is 0 Å². The summed E-state index contributed by atoms with van der Waals surface area (Å²) in [6.07, 6.45) is 3.84. The average Bonchev–Trinajstić information content (AvgIpc) is 3.46. The van der Waals surface area contributed by atoms with E-state index in [-0.39, 0.29) is 18.2 Å². The number of carboxylic acid groups (broad SMARTS) is 1. The van der Waals surface area contributed by atoms with Crippen LogP contribution in [-0.4, -0.2) is 35.0 Å². The van der Waals surface area contributed by atoms with Crippen molar-refractivity contribution in [1.82, 2.24) is 4.90 Å². The summed E-state index contributed by atoms with van der Waals surface area (Å²) in [7, 11) is 0. The minimum absolute atomic E-state index is 0.0963. The minimum atomic E-state index is -0.744. The summed E-state index contributed by atoms with van der Waals surface area (Å²) in [5.41, 5.74) is 1.29. The molecule has 0 bridgehead atoms. The van der Waals surface area contributed by atoms with Crippen LogP contribution in [0.1, 0.15) is 43.6 Å². The third kappa shape index (κ3) is 3.46. The van der Waals surface area contributed by atoms with Gasteiger partial charge in [-0.05, 0) is 53.9 Å². The van der Waals surface area contributed by atoms with Crippen molar-refractivity contribution in [3.63, 3.8) is 0 Å². The van der Waals surface area contributed by atoms with E-state index in [1.807, 2.05) is 11.0 Å². The number of hydrogen-bond donors (Lipinski definition) is 1. The first kappa shape index (κ1) is 17.1. The molecule has 2 aliphatic rings. The van der Waals surface area contributed by atoms with Gasteiger partial charge < -0.3 is 10.0 Å². The van der Waals surface area contributed by atoms with Crippen LogP contribution in [0.15, 0.2) is 42.5 Å². The van der Waals surface area contributed by atoms with Gasteiger partial charge in [-0.2, -0.15) is 0 Å². The Morgan fingerprint density at radius 3 is 2.77 bits per heavy atom. The third-order valence-corrected chi connectivity index (χ3v) is 5.93. The normalized spacial score (nSPS) is 25.2. The number of aliphatic carboxylic acids is 1. The smallest absolute Gasteiger partial charge is 0.303 e. The fraction of sp³-hybridized carbons (Fsp3) is 0.455. The van der Waals surface area contributed by atoms with Crippen molar-refractivity contribution in [3.8, 4) is 0 Å². The van der Waals surface area contributed by atoms with Gasteiger partial charge >= 0.3 is 5.97 Å². The number of nitrogens with zero attached hydrogens (tertiary/aromatic N) is 1. The number of benzene rings is 2. The average molecular weight is 351 g/mol. The zero-order valence-electron chi connectivity index (χ0n) is 14.9. The van der Waals surface area contributed by atoms with E-state index in [1.165, 1.54) is 16.3 Å². The Hall–Kier alpha value is -2.36. The molecule has 4 rings (SSSR count). The second-order valence-electron chi connectivity index (χ2n) is 7.74. The van der Waals surface area contributed by atoms with Crippen LogP contribution < -0.4 is 0 Å². The van der Waals surface area contributed by atoms with Gasteiger partial charge in [-0.3, -0.25) is 9.59 Å². The van der Waals surface area contributed by atoms with Gasteiger partial charge in [0.05, 0.1) is 0 Å². The van der Waals surface area contributed by atoms with E-state index < -0.39 is 5.97 Å². The molecule has 4 nitrogen and oxygen atoms in total. The molecule has 26 heavy (non-hydrogen) atoms. The highest BCUT2D eigenvalue weighted by Gasteiger charge is 2.46. The summed E-state index contributed by atoms with van der Waals surface area (Å²) >= 11 is 0. The van der Waals surface area contributed by atoms with Gasteiger partial charge in [0.25, 0.3) is 0 Å². The van der Waals surface area contributed by atoms with E-state index >= 15 is 0 Å². The largest absolute Gasteiger partial charge is 0.481 e. The Labute approximate surface area is 153 Å². The van der Waals surface area contributed by atoms with Gasteiger partial charge in [0.1, 0.15) is 0 Å². The molecule has 1 aliphatic carbocycles. The van der Waals surface area contributed by atoms with Gasteiger partial charge in [0.2, 0.25) is 5.91 Å². The number of hydrogen-bond acceptors (Lipinski definition) is 2. The van der Waals surface area contributed by atoms with E-state index in [1.54, 1.807) is 0 Å². The lowest BCUT2D eigenvalue weighted by atomic mass is 9.93. The predicted molar refractivity (Wildman–Crippen MR) is 101 cm³/mol. The van der Waals surface area contributed by atoms with Crippen LogP contribution in [0.25, 0.3) is 10.8 Å². The summed E-state index contributed by atoms with van der Waals surface area (Å²) in [4.78, 5) is 25.8. The zero-order valence-corrected chi connectivity index (χ0v) is 14.9. The quantitative estimate of drug-likeness (QED) is 0.884. The molecule has 0 radical (unpaired) electrons. The van der Waals surface area contributed by atoms with E-state index in [2.05, 4.69) is 36.4 Å². The molecule has 1 heterocycles.